The molecule has 2 aromatic rings. The maximum atomic E-state index is 14.1. The second-order valence-corrected chi connectivity index (χ2v) is 8.01. The Morgan fingerprint density at radius 2 is 1.81 bits per heavy atom. The van der Waals surface area contributed by atoms with Crippen LogP contribution in [0.2, 0.25) is 0 Å². The van der Waals surface area contributed by atoms with Crippen molar-refractivity contribution in [1.29, 1.82) is 0 Å². The number of nitrogens with one attached hydrogen (secondary N) is 2. The average Bonchev–Trinajstić information content (AvgIpc) is 3.04. The lowest BCUT2D eigenvalue weighted by Crippen LogP contribution is -2.43. The van der Waals surface area contributed by atoms with Gasteiger partial charge >= 0.3 is 0 Å². The van der Waals surface area contributed by atoms with E-state index in [9.17, 15) is 4.39 Å². The molecule has 0 aliphatic carbocycles. The quantitative estimate of drug-likeness (QED) is 0.373. The highest BCUT2D eigenvalue weighted by molar-refractivity contribution is 14.0. The number of nitrogens with zero attached hydrogens (tertiary/aromatic N) is 2. The first-order chi connectivity index (χ1) is 12.1. The third-order valence-corrected chi connectivity index (χ3v) is 4.22. The molecular weight excluding hydrogens is 458 g/mol. The molecular formula is C20H30FIN4O. The molecule has 1 heterocycles. The van der Waals surface area contributed by atoms with Crippen molar-refractivity contribution < 1.29 is 8.81 Å². The molecule has 1 aromatic heterocycles. The van der Waals surface area contributed by atoms with Gasteiger partial charge in [-0.2, -0.15) is 0 Å². The van der Waals surface area contributed by atoms with Crippen molar-refractivity contribution in [2.45, 2.75) is 52.0 Å². The van der Waals surface area contributed by atoms with E-state index in [4.69, 9.17) is 4.42 Å². The number of halogens is 2. The Balaban J connectivity index is 0.00000364. The maximum absolute atomic E-state index is 14.1. The van der Waals surface area contributed by atoms with Gasteiger partial charge < -0.3 is 15.1 Å². The SMILES string of the molecule is CN=C(NCc1ncc(C(C)(C)C)o1)NCC(C)(C)c1ccccc1F.I. The van der Waals surface area contributed by atoms with Crippen LogP contribution in [-0.2, 0) is 17.4 Å². The van der Waals surface area contributed by atoms with Crippen molar-refractivity contribution >= 4 is 29.9 Å². The number of hydrogen-bond acceptors (Lipinski definition) is 3. The fraction of sp³-hybridized carbons (Fsp3) is 0.500. The molecule has 0 aliphatic rings. The highest BCUT2D eigenvalue weighted by Gasteiger charge is 2.24. The van der Waals surface area contributed by atoms with Crippen LogP contribution in [0.15, 0.2) is 39.9 Å². The molecule has 2 N–H and O–H groups in total. The van der Waals surface area contributed by atoms with Gasteiger partial charge in [-0.3, -0.25) is 4.99 Å². The van der Waals surface area contributed by atoms with E-state index in [1.54, 1.807) is 19.3 Å². The Kier molecular flexibility index (Phi) is 8.25. The van der Waals surface area contributed by atoms with Crippen LogP contribution < -0.4 is 10.6 Å². The molecule has 5 nitrogen and oxygen atoms in total. The van der Waals surface area contributed by atoms with E-state index < -0.39 is 0 Å². The highest BCUT2D eigenvalue weighted by atomic mass is 127. The van der Waals surface area contributed by atoms with E-state index in [0.717, 1.165) is 5.76 Å². The molecule has 0 unspecified atom stereocenters. The largest absolute Gasteiger partial charge is 0.443 e. The topological polar surface area (TPSA) is 62.5 Å². The summed E-state index contributed by atoms with van der Waals surface area (Å²) in [6, 6.07) is 6.85. The second-order valence-electron chi connectivity index (χ2n) is 8.01. The standard InChI is InChI=1S/C20H29FN4O.HI/c1-19(2,3)16-11-23-17(26-16)12-24-18(22-6)25-13-20(4,5)14-9-7-8-10-15(14)21;/h7-11H,12-13H2,1-6H3,(H2,22,24,25);1H. The number of guanidine groups is 1. The highest BCUT2D eigenvalue weighted by Crippen LogP contribution is 2.25. The number of benzene rings is 1. The molecule has 0 amide bonds. The van der Waals surface area contributed by atoms with Crippen molar-refractivity contribution in [3.8, 4) is 0 Å². The summed E-state index contributed by atoms with van der Waals surface area (Å²) in [6.45, 7) is 11.2. The first-order valence-corrected chi connectivity index (χ1v) is 8.78. The van der Waals surface area contributed by atoms with E-state index in [1.165, 1.54) is 6.07 Å². The molecule has 0 radical (unpaired) electrons. The summed E-state index contributed by atoms with van der Waals surface area (Å²) in [7, 11) is 1.70. The van der Waals surface area contributed by atoms with Gasteiger partial charge in [0.1, 0.15) is 11.6 Å². The minimum Gasteiger partial charge on any atom is -0.443 e. The van der Waals surface area contributed by atoms with Crippen LogP contribution >= 0.6 is 24.0 Å². The first-order valence-electron chi connectivity index (χ1n) is 8.78. The van der Waals surface area contributed by atoms with Gasteiger partial charge in [0, 0.05) is 24.4 Å². The fourth-order valence-corrected chi connectivity index (χ4v) is 2.53. The lowest BCUT2D eigenvalue weighted by molar-refractivity contribution is 0.379. The van der Waals surface area contributed by atoms with E-state index in [2.05, 4.69) is 41.4 Å². The number of rotatable bonds is 5. The van der Waals surface area contributed by atoms with Gasteiger partial charge in [-0.25, -0.2) is 9.37 Å². The Bertz CT molecular complexity index is 765. The van der Waals surface area contributed by atoms with Crippen molar-refractivity contribution in [2.24, 2.45) is 4.99 Å². The minimum absolute atomic E-state index is 0. The maximum Gasteiger partial charge on any atom is 0.213 e. The molecule has 0 spiro atoms. The van der Waals surface area contributed by atoms with Crippen molar-refractivity contribution in [3.63, 3.8) is 0 Å². The minimum atomic E-state index is -0.384. The molecule has 0 bridgehead atoms. The zero-order chi connectivity index (χ0) is 19.4. The fourth-order valence-electron chi connectivity index (χ4n) is 2.53. The summed E-state index contributed by atoms with van der Waals surface area (Å²) < 4.78 is 19.8. The van der Waals surface area contributed by atoms with E-state index >= 15 is 0 Å². The lowest BCUT2D eigenvalue weighted by Gasteiger charge is -2.27. The second kappa shape index (κ2) is 9.52. The monoisotopic (exact) mass is 488 g/mol. The molecule has 150 valence electrons. The zero-order valence-corrected chi connectivity index (χ0v) is 19.2. The molecule has 7 heteroatoms. The number of hydrogen-bond donors (Lipinski definition) is 2. The van der Waals surface area contributed by atoms with Gasteiger partial charge in [0.25, 0.3) is 0 Å². The summed E-state index contributed by atoms with van der Waals surface area (Å²) in [5.41, 5.74) is 0.214. The summed E-state index contributed by atoms with van der Waals surface area (Å²) in [5.74, 6) is 1.87. The molecule has 0 fully saturated rings. The van der Waals surface area contributed by atoms with Crippen LogP contribution in [0.25, 0.3) is 0 Å². The van der Waals surface area contributed by atoms with Gasteiger partial charge in [-0.15, -0.1) is 24.0 Å². The Hall–Kier alpha value is -1.64. The molecule has 0 saturated heterocycles. The smallest absolute Gasteiger partial charge is 0.213 e. The summed E-state index contributed by atoms with van der Waals surface area (Å²) >= 11 is 0. The Morgan fingerprint density at radius 3 is 2.37 bits per heavy atom. The van der Waals surface area contributed by atoms with Crippen molar-refractivity contribution in [3.05, 3.63) is 53.5 Å². The molecule has 27 heavy (non-hydrogen) atoms. The van der Waals surface area contributed by atoms with Crippen LogP contribution in [0.1, 0.15) is 51.8 Å². The summed E-state index contributed by atoms with van der Waals surface area (Å²) in [6.07, 6.45) is 1.76. The predicted molar refractivity (Wildman–Crippen MR) is 118 cm³/mol. The molecule has 0 saturated carbocycles. The normalized spacial score (nSPS) is 12.5. The lowest BCUT2D eigenvalue weighted by atomic mass is 9.84. The van der Waals surface area contributed by atoms with Crippen LogP contribution in [0, 0.1) is 5.82 Å². The molecule has 1 aromatic carbocycles. The summed E-state index contributed by atoms with van der Waals surface area (Å²) in [5, 5.41) is 6.42. The van der Waals surface area contributed by atoms with E-state index in [1.807, 2.05) is 26.0 Å². The van der Waals surface area contributed by atoms with Gasteiger partial charge in [-0.05, 0) is 11.6 Å². The first kappa shape index (κ1) is 23.4. The van der Waals surface area contributed by atoms with Crippen LogP contribution in [0.5, 0.6) is 0 Å². The van der Waals surface area contributed by atoms with Gasteiger partial charge in [-0.1, -0.05) is 52.8 Å². The number of aliphatic imine (C=N–C) groups is 1. The van der Waals surface area contributed by atoms with E-state index in [-0.39, 0.29) is 40.6 Å². The van der Waals surface area contributed by atoms with Gasteiger partial charge in [0.2, 0.25) is 5.89 Å². The third-order valence-electron chi connectivity index (χ3n) is 4.22. The molecule has 0 atom stereocenters. The number of oxazole rings is 1. The van der Waals surface area contributed by atoms with Crippen LogP contribution in [-0.4, -0.2) is 24.5 Å². The molecule has 2 rings (SSSR count). The van der Waals surface area contributed by atoms with Crippen LogP contribution in [0.3, 0.4) is 0 Å². The number of aromatic nitrogens is 1. The van der Waals surface area contributed by atoms with Crippen molar-refractivity contribution in [1.82, 2.24) is 15.6 Å². The van der Waals surface area contributed by atoms with Crippen molar-refractivity contribution in [2.75, 3.05) is 13.6 Å². The van der Waals surface area contributed by atoms with Gasteiger partial charge in [0.05, 0.1) is 12.7 Å². The van der Waals surface area contributed by atoms with Crippen LogP contribution in [0.4, 0.5) is 4.39 Å². The third kappa shape index (κ3) is 6.48. The zero-order valence-electron chi connectivity index (χ0n) is 16.9. The van der Waals surface area contributed by atoms with Gasteiger partial charge in [0.15, 0.2) is 5.96 Å². The average molecular weight is 488 g/mol. The summed E-state index contributed by atoms with van der Waals surface area (Å²) in [4.78, 5) is 8.50. The molecule has 0 aliphatic heterocycles. The van der Waals surface area contributed by atoms with E-state index in [0.29, 0.717) is 30.5 Å². The Morgan fingerprint density at radius 1 is 1.15 bits per heavy atom. The Labute approximate surface area is 178 Å². The predicted octanol–water partition coefficient (Wildman–Crippen LogP) is 4.37.